The molecule has 0 aliphatic rings. The predicted molar refractivity (Wildman–Crippen MR) is 77.8 cm³/mol. The topological polar surface area (TPSA) is 47.8 Å². The zero-order chi connectivity index (χ0) is 14.1. The molecule has 0 saturated heterocycles. The Morgan fingerprint density at radius 1 is 1.20 bits per heavy atom. The number of pyridine rings is 1. The Labute approximate surface area is 115 Å². The van der Waals surface area contributed by atoms with E-state index in [2.05, 4.69) is 15.9 Å². The van der Waals surface area contributed by atoms with Crippen LogP contribution in [0.5, 0.6) is 0 Å². The van der Waals surface area contributed by atoms with Crippen molar-refractivity contribution in [2.75, 3.05) is 0 Å². The number of aryl methyl sites for hydroxylation is 1. The van der Waals surface area contributed by atoms with Crippen molar-refractivity contribution in [2.24, 2.45) is 0 Å². The molecule has 2 heterocycles. The van der Waals surface area contributed by atoms with Gasteiger partial charge in [-0.1, -0.05) is 5.92 Å². The van der Waals surface area contributed by atoms with E-state index in [1.165, 1.54) is 0 Å². The molecule has 4 heteroatoms. The molecule has 4 nitrogen and oxygen atoms in total. The molecule has 3 rings (SSSR count). The zero-order valence-electron chi connectivity index (χ0n) is 10.9. The van der Waals surface area contributed by atoms with Crippen molar-refractivity contribution in [1.82, 2.24) is 14.5 Å². The van der Waals surface area contributed by atoms with Crippen molar-refractivity contribution in [1.29, 1.82) is 0 Å². The summed E-state index contributed by atoms with van der Waals surface area (Å²) in [5.41, 5.74) is 1.85. The monoisotopic (exact) mass is 261 g/mol. The summed E-state index contributed by atoms with van der Waals surface area (Å²) < 4.78 is 1.56. The largest absolute Gasteiger partial charge is 0.268 e. The molecule has 96 valence electrons. The maximum atomic E-state index is 12.5. The molecule has 0 spiro atoms. The fourth-order valence-corrected chi connectivity index (χ4v) is 2.13. The van der Waals surface area contributed by atoms with Gasteiger partial charge in [-0.15, -0.1) is 6.42 Å². The molecule has 3 aromatic rings. The van der Waals surface area contributed by atoms with Gasteiger partial charge in [0.05, 0.1) is 11.1 Å². The van der Waals surface area contributed by atoms with Crippen LogP contribution in [0.15, 0.2) is 47.4 Å². The van der Waals surface area contributed by atoms with Gasteiger partial charge >= 0.3 is 0 Å². The number of hydrogen-bond donors (Lipinski definition) is 0. The van der Waals surface area contributed by atoms with Gasteiger partial charge in [0.25, 0.3) is 5.56 Å². The first-order chi connectivity index (χ1) is 9.70. The van der Waals surface area contributed by atoms with Crippen LogP contribution in [0.4, 0.5) is 0 Å². The quantitative estimate of drug-likeness (QED) is 0.630. The summed E-state index contributed by atoms with van der Waals surface area (Å²) in [5, 5.41) is 0.499. The van der Waals surface area contributed by atoms with Crippen LogP contribution in [0.3, 0.4) is 0 Å². The molecule has 20 heavy (non-hydrogen) atoms. The average molecular weight is 261 g/mol. The summed E-state index contributed by atoms with van der Waals surface area (Å²) in [4.78, 5) is 21.0. The third kappa shape index (κ3) is 1.86. The average Bonchev–Trinajstić information content (AvgIpc) is 2.48. The Hall–Kier alpha value is -2.93. The Kier molecular flexibility index (Phi) is 2.81. The molecule has 0 atom stereocenters. The van der Waals surface area contributed by atoms with Crippen LogP contribution in [-0.4, -0.2) is 14.5 Å². The fourth-order valence-electron chi connectivity index (χ4n) is 2.13. The highest BCUT2D eigenvalue weighted by molar-refractivity contribution is 5.73. The Balaban J connectivity index is 2.30. The Morgan fingerprint density at radius 2 is 1.95 bits per heavy atom. The smallest absolute Gasteiger partial charge is 0.267 e. The van der Waals surface area contributed by atoms with E-state index >= 15 is 0 Å². The Bertz CT molecular complexity index is 886. The predicted octanol–water partition coefficient (Wildman–Crippen LogP) is 2.07. The number of aromatic nitrogens is 3. The number of terminal acetylenes is 1. The van der Waals surface area contributed by atoms with E-state index in [-0.39, 0.29) is 5.56 Å². The highest BCUT2D eigenvalue weighted by Crippen LogP contribution is 2.11. The van der Waals surface area contributed by atoms with Crippen LogP contribution in [0.25, 0.3) is 16.7 Å². The second-order valence-corrected chi connectivity index (χ2v) is 4.37. The molecule has 0 aliphatic carbocycles. The van der Waals surface area contributed by atoms with Gasteiger partial charge in [0, 0.05) is 11.8 Å². The van der Waals surface area contributed by atoms with Gasteiger partial charge in [-0.05, 0) is 43.3 Å². The van der Waals surface area contributed by atoms with Gasteiger partial charge in [-0.25, -0.2) is 9.97 Å². The van der Waals surface area contributed by atoms with Crippen molar-refractivity contribution in [2.45, 2.75) is 6.92 Å². The van der Waals surface area contributed by atoms with Crippen molar-refractivity contribution in [3.63, 3.8) is 0 Å². The second kappa shape index (κ2) is 4.63. The van der Waals surface area contributed by atoms with Crippen molar-refractivity contribution < 1.29 is 0 Å². The van der Waals surface area contributed by atoms with Crippen molar-refractivity contribution in [3.05, 3.63) is 64.3 Å². The van der Waals surface area contributed by atoms with E-state index < -0.39 is 0 Å². The second-order valence-electron chi connectivity index (χ2n) is 4.37. The molecule has 2 aromatic heterocycles. The van der Waals surface area contributed by atoms with Gasteiger partial charge in [0.1, 0.15) is 5.82 Å². The van der Waals surface area contributed by atoms with Crippen molar-refractivity contribution >= 4 is 11.0 Å². The Morgan fingerprint density at radius 3 is 2.65 bits per heavy atom. The summed E-state index contributed by atoms with van der Waals surface area (Å²) >= 11 is 0. The molecule has 0 saturated carbocycles. The molecule has 0 bridgehead atoms. The first kappa shape index (κ1) is 12.1. The van der Waals surface area contributed by atoms with E-state index in [0.29, 0.717) is 16.9 Å². The summed E-state index contributed by atoms with van der Waals surface area (Å²) in [7, 11) is 0. The molecule has 0 fully saturated rings. The number of fused-ring (bicyclic) bond motifs is 1. The maximum absolute atomic E-state index is 12.5. The molecule has 0 N–H and O–H groups in total. The molecular weight excluding hydrogens is 250 g/mol. The zero-order valence-corrected chi connectivity index (χ0v) is 10.9. The van der Waals surface area contributed by atoms with E-state index in [4.69, 9.17) is 6.42 Å². The first-order valence-electron chi connectivity index (χ1n) is 6.12. The van der Waals surface area contributed by atoms with Gasteiger partial charge < -0.3 is 0 Å². The van der Waals surface area contributed by atoms with Crippen LogP contribution >= 0.6 is 0 Å². The number of hydrogen-bond acceptors (Lipinski definition) is 3. The van der Waals surface area contributed by atoms with Gasteiger partial charge in [-0.2, -0.15) is 0 Å². The van der Waals surface area contributed by atoms with E-state index in [0.717, 1.165) is 11.3 Å². The van der Waals surface area contributed by atoms with Crippen LogP contribution in [0.1, 0.15) is 11.4 Å². The minimum atomic E-state index is -0.131. The molecule has 0 unspecified atom stereocenters. The third-order valence-electron chi connectivity index (χ3n) is 3.10. The number of rotatable bonds is 1. The van der Waals surface area contributed by atoms with Crippen LogP contribution in [0, 0.1) is 19.3 Å². The number of benzene rings is 1. The standard InChI is InChI=1S/C16H11N3O/c1-3-12-6-8-13(9-7-12)19-11(2)18-15-14(16(19)20)5-4-10-17-15/h1,4-10H,2H3. The van der Waals surface area contributed by atoms with Crippen molar-refractivity contribution in [3.8, 4) is 18.0 Å². The van der Waals surface area contributed by atoms with Crippen LogP contribution in [0.2, 0.25) is 0 Å². The summed E-state index contributed by atoms with van der Waals surface area (Å²) in [6.45, 7) is 1.78. The fraction of sp³-hybridized carbons (Fsp3) is 0.0625. The summed E-state index contributed by atoms with van der Waals surface area (Å²) in [6, 6.07) is 10.7. The SMILES string of the molecule is C#Cc1ccc(-n2c(C)nc3ncccc3c2=O)cc1. The highest BCUT2D eigenvalue weighted by Gasteiger charge is 2.09. The van der Waals surface area contributed by atoms with Gasteiger partial charge in [0.15, 0.2) is 5.65 Å². The summed E-state index contributed by atoms with van der Waals surface area (Å²) in [5.74, 6) is 3.14. The normalized spacial score (nSPS) is 10.4. The molecule has 0 radical (unpaired) electrons. The maximum Gasteiger partial charge on any atom is 0.267 e. The minimum Gasteiger partial charge on any atom is -0.268 e. The summed E-state index contributed by atoms with van der Waals surface area (Å²) in [6.07, 6.45) is 6.96. The van der Waals surface area contributed by atoms with E-state index in [9.17, 15) is 4.79 Å². The number of nitrogens with zero attached hydrogens (tertiary/aromatic N) is 3. The van der Waals surface area contributed by atoms with Crippen LogP contribution < -0.4 is 5.56 Å². The lowest BCUT2D eigenvalue weighted by Crippen LogP contribution is -2.22. The van der Waals surface area contributed by atoms with Gasteiger partial charge in [-0.3, -0.25) is 9.36 Å². The lowest BCUT2D eigenvalue weighted by Gasteiger charge is -2.10. The lowest BCUT2D eigenvalue weighted by molar-refractivity contribution is 0.889. The first-order valence-corrected chi connectivity index (χ1v) is 6.12. The molecule has 0 aliphatic heterocycles. The minimum absolute atomic E-state index is 0.131. The van der Waals surface area contributed by atoms with E-state index in [1.54, 1.807) is 42.0 Å². The molecule has 1 aromatic carbocycles. The van der Waals surface area contributed by atoms with Crippen LogP contribution in [-0.2, 0) is 0 Å². The lowest BCUT2D eigenvalue weighted by atomic mass is 10.2. The highest BCUT2D eigenvalue weighted by atomic mass is 16.1. The van der Waals surface area contributed by atoms with Gasteiger partial charge in [0.2, 0.25) is 0 Å². The van der Waals surface area contributed by atoms with E-state index in [1.807, 2.05) is 12.1 Å². The molecular formula is C16H11N3O. The third-order valence-corrected chi connectivity index (χ3v) is 3.10. The molecule has 0 amide bonds.